The van der Waals surface area contributed by atoms with Crippen molar-refractivity contribution in [3.05, 3.63) is 42.6 Å². The Balaban J connectivity index is 1.34. The van der Waals surface area contributed by atoms with E-state index in [9.17, 15) is 4.21 Å². The Kier molecular flexibility index (Phi) is 5.59. The van der Waals surface area contributed by atoms with Crippen molar-refractivity contribution in [2.45, 2.75) is 24.9 Å². The Bertz CT molecular complexity index is 1090. The van der Waals surface area contributed by atoms with Gasteiger partial charge >= 0.3 is 0 Å². The molecular weight excluding hydrogens is 416 g/mol. The fraction of sp³-hybridized carbons (Fsp3) is 0.476. The summed E-state index contributed by atoms with van der Waals surface area (Å²) in [6, 6.07) is 5.92. The second-order valence-corrected chi connectivity index (χ2v) is 9.60. The molecule has 0 N–H and O–H groups in total. The lowest BCUT2D eigenvalue weighted by molar-refractivity contribution is 0.0918. The number of hydrogen-bond donors (Lipinski definition) is 0. The van der Waals surface area contributed by atoms with Crippen LogP contribution in [0.1, 0.15) is 24.6 Å². The van der Waals surface area contributed by atoms with Gasteiger partial charge in [-0.1, -0.05) is 0 Å². The van der Waals surface area contributed by atoms with Crippen LogP contribution < -0.4 is 9.64 Å². The van der Waals surface area contributed by atoms with E-state index in [4.69, 9.17) is 14.5 Å². The maximum atomic E-state index is 12.5. The van der Waals surface area contributed by atoms with Crippen molar-refractivity contribution in [2.75, 3.05) is 45.3 Å². The van der Waals surface area contributed by atoms with Crippen molar-refractivity contribution >= 4 is 27.9 Å². The number of aromatic nitrogens is 4. The van der Waals surface area contributed by atoms with Gasteiger partial charge in [-0.2, -0.15) is 4.98 Å². The van der Waals surface area contributed by atoms with E-state index in [2.05, 4.69) is 14.9 Å². The predicted octanol–water partition coefficient (Wildman–Crippen LogP) is 1.98. The van der Waals surface area contributed by atoms with Gasteiger partial charge in [-0.25, -0.2) is 17.5 Å². The van der Waals surface area contributed by atoms with E-state index >= 15 is 0 Å². The highest BCUT2D eigenvalue weighted by Crippen LogP contribution is 2.40. The van der Waals surface area contributed by atoms with Crippen molar-refractivity contribution in [2.24, 2.45) is 0 Å². The van der Waals surface area contributed by atoms with Crippen LogP contribution in [0.2, 0.25) is 0 Å². The molecule has 9 nitrogen and oxygen atoms in total. The number of hydrogen-bond acceptors (Lipinski definition) is 7. The largest absolute Gasteiger partial charge is 0.474 e. The van der Waals surface area contributed by atoms with Gasteiger partial charge in [0.2, 0.25) is 17.1 Å². The van der Waals surface area contributed by atoms with Gasteiger partial charge in [0.25, 0.3) is 0 Å². The van der Waals surface area contributed by atoms with Crippen LogP contribution in [-0.2, 0) is 15.9 Å². The van der Waals surface area contributed by atoms with Gasteiger partial charge < -0.3 is 14.4 Å². The summed E-state index contributed by atoms with van der Waals surface area (Å²) >= 11 is -1.27. The minimum Gasteiger partial charge on any atom is -0.474 e. The standard InChI is InChI=1S/C21H26N6O3S/c1-25(2)31(28)27-7-6-23-20(27)15-12-16(13-15)30-21-17-4-3-5-22-18(17)14-19(24-21)26-8-10-29-11-9-26/h3-7,14-16H,8-13H2,1-2H3. The lowest BCUT2D eigenvalue weighted by atomic mass is 9.82. The third kappa shape index (κ3) is 4.02. The number of ether oxygens (including phenoxy) is 2. The third-order valence-electron chi connectivity index (χ3n) is 5.74. The highest BCUT2D eigenvalue weighted by atomic mass is 32.2. The second-order valence-electron chi connectivity index (χ2n) is 8.02. The van der Waals surface area contributed by atoms with Crippen LogP contribution in [-0.4, -0.2) is 73.9 Å². The van der Waals surface area contributed by atoms with Crippen LogP contribution in [0.3, 0.4) is 0 Å². The van der Waals surface area contributed by atoms with E-state index in [1.54, 1.807) is 41.0 Å². The lowest BCUT2D eigenvalue weighted by Gasteiger charge is -2.35. The van der Waals surface area contributed by atoms with E-state index in [1.807, 2.05) is 18.2 Å². The van der Waals surface area contributed by atoms with Gasteiger partial charge in [-0.05, 0) is 25.0 Å². The van der Waals surface area contributed by atoms with Gasteiger partial charge in [0.05, 0.1) is 24.1 Å². The Morgan fingerprint density at radius 3 is 2.77 bits per heavy atom. The summed E-state index contributed by atoms with van der Waals surface area (Å²) in [5.74, 6) is 2.55. The third-order valence-corrected chi connectivity index (χ3v) is 7.01. The van der Waals surface area contributed by atoms with Gasteiger partial charge in [0.1, 0.15) is 17.7 Å². The fourth-order valence-corrected chi connectivity index (χ4v) is 4.87. The van der Waals surface area contributed by atoms with Crippen molar-refractivity contribution in [3.8, 4) is 5.88 Å². The highest BCUT2D eigenvalue weighted by Gasteiger charge is 2.36. The van der Waals surface area contributed by atoms with E-state index in [-0.39, 0.29) is 12.0 Å². The topological polar surface area (TPSA) is 85.6 Å². The molecule has 0 spiro atoms. The molecule has 2 fully saturated rings. The summed E-state index contributed by atoms with van der Waals surface area (Å²) in [5.41, 5.74) is 0.877. The van der Waals surface area contributed by atoms with Crippen LogP contribution >= 0.6 is 0 Å². The minimum atomic E-state index is -1.27. The van der Waals surface area contributed by atoms with Gasteiger partial charge in [0.15, 0.2) is 0 Å². The molecule has 3 aromatic rings. The molecule has 0 radical (unpaired) electrons. The number of morpholine rings is 1. The second kappa shape index (κ2) is 8.52. The molecular formula is C21H26N6O3S. The zero-order valence-electron chi connectivity index (χ0n) is 17.7. The summed E-state index contributed by atoms with van der Waals surface area (Å²) in [6.07, 6.45) is 6.93. The first kappa shape index (κ1) is 20.3. The monoisotopic (exact) mass is 442 g/mol. The van der Waals surface area contributed by atoms with Crippen molar-refractivity contribution in [1.29, 1.82) is 0 Å². The number of rotatable bonds is 6. The summed E-state index contributed by atoms with van der Waals surface area (Å²) < 4.78 is 27.7. The molecule has 0 amide bonds. The first-order valence-corrected chi connectivity index (χ1v) is 11.5. The lowest BCUT2D eigenvalue weighted by Crippen LogP contribution is -2.37. The van der Waals surface area contributed by atoms with E-state index in [1.165, 1.54) is 0 Å². The van der Waals surface area contributed by atoms with Crippen molar-refractivity contribution in [1.82, 2.24) is 23.2 Å². The summed E-state index contributed by atoms with van der Waals surface area (Å²) in [6.45, 7) is 3.01. The zero-order chi connectivity index (χ0) is 21.4. The molecule has 1 saturated carbocycles. The van der Waals surface area contributed by atoms with Crippen LogP contribution in [0, 0.1) is 0 Å². The smallest absolute Gasteiger partial charge is 0.225 e. The molecule has 3 aromatic heterocycles. The predicted molar refractivity (Wildman–Crippen MR) is 118 cm³/mol. The zero-order valence-corrected chi connectivity index (χ0v) is 18.5. The Morgan fingerprint density at radius 1 is 1.19 bits per heavy atom. The molecule has 1 saturated heterocycles. The Labute approximate surface area is 183 Å². The van der Waals surface area contributed by atoms with Crippen LogP contribution in [0.15, 0.2) is 36.8 Å². The molecule has 0 bridgehead atoms. The molecule has 31 heavy (non-hydrogen) atoms. The molecule has 1 aliphatic carbocycles. The average Bonchev–Trinajstić information content (AvgIpc) is 3.24. The molecule has 5 rings (SSSR count). The summed E-state index contributed by atoms with van der Waals surface area (Å²) in [4.78, 5) is 16.0. The first-order chi connectivity index (χ1) is 15.1. The van der Waals surface area contributed by atoms with E-state index in [0.29, 0.717) is 19.1 Å². The maximum Gasteiger partial charge on any atom is 0.225 e. The minimum absolute atomic E-state index is 0.0405. The number of pyridine rings is 2. The SMILES string of the molecule is CN(C)S(=O)n1ccnc1C1CC(Oc2nc(N3CCOCC3)cc3ncccc23)C1. The Hall–Kier alpha value is -2.56. The molecule has 1 aliphatic heterocycles. The van der Waals surface area contributed by atoms with Gasteiger partial charge in [-0.15, -0.1) is 0 Å². The highest BCUT2D eigenvalue weighted by molar-refractivity contribution is 7.81. The van der Waals surface area contributed by atoms with Crippen LogP contribution in [0.5, 0.6) is 5.88 Å². The van der Waals surface area contributed by atoms with E-state index in [0.717, 1.165) is 48.5 Å². The molecule has 1 atom stereocenters. The molecule has 2 aliphatic rings. The molecule has 1 unspecified atom stereocenters. The van der Waals surface area contributed by atoms with Gasteiger partial charge in [0, 0.05) is 57.8 Å². The summed E-state index contributed by atoms with van der Waals surface area (Å²) in [5, 5.41) is 0.915. The number of nitrogens with zero attached hydrogens (tertiary/aromatic N) is 6. The number of imidazole rings is 1. The number of fused-ring (bicyclic) bond motifs is 1. The fourth-order valence-electron chi connectivity index (χ4n) is 4.00. The Morgan fingerprint density at radius 2 is 2.00 bits per heavy atom. The van der Waals surface area contributed by atoms with Crippen molar-refractivity contribution in [3.63, 3.8) is 0 Å². The normalized spacial score (nSPS) is 22.5. The van der Waals surface area contributed by atoms with E-state index < -0.39 is 11.2 Å². The van der Waals surface area contributed by atoms with Crippen LogP contribution in [0.4, 0.5) is 5.82 Å². The maximum absolute atomic E-state index is 12.5. The molecule has 4 heterocycles. The van der Waals surface area contributed by atoms with Crippen LogP contribution in [0.25, 0.3) is 10.9 Å². The first-order valence-electron chi connectivity index (χ1n) is 10.5. The van der Waals surface area contributed by atoms with Crippen molar-refractivity contribution < 1.29 is 13.7 Å². The quantitative estimate of drug-likeness (QED) is 0.577. The average molecular weight is 443 g/mol. The molecule has 10 heteroatoms. The summed E-state index contributed by atoms with van der Waals surface area (Å²) in [7, 11) is 3.58. The van der Waals surface area contributed by atoms with Gasteiger partial charge in [-0.3, -0.25) is 4.98 Å². The number of anilines is 1. The molecule has 164 valence electrons. The molecule has 0 aromatic carbocycles.